The zero-order valence-corrected chi connectivity index (χ0v) is 13.5. The second-order valence-electron chi connectivity index (χ2n) is 5.90. The van der Waals surface area contributed by atoms with Crippen LogP contribution in [0, 0.1) is 17.7 Å². The molecule has 1 fully saturated rings. The van der Waals surface area contributed by atoms with Crippen molar-refractivity contribution in [3.05, 3.63) is 35.1 Å². The molecule has 1 heterocycles. The van der Waals surface area contributed by atoms with E-state index in [2.05, 4.69) is 30.6 Å². The third kappa shape index (κ3) is 5.03. The van der Waals surface area contributed by atoms with Crippen LogP contribution in [0.5, 0.6) is 0 Å². The van der Waals surface area contributed by atoms with Gasteiger partial charge in [0.15, 0.2) is 0 Å². The average molecular weight is 307 g/mol. The highest BCUT2D eigenvalue weighted by atomic mass is 32.2. The lowest BCUT2D eigenvalue weighted by atomic mass is 10.1. The van der Waals surface area contributed by atoms with Crippen molar-refractivity contribution in [3.63, 3.8) is 0 Å². The Balaban J connectivity index is 2.12. The molecule has 4 heteroatoms. The number of benzene rings is 1. The standard InChI is InChI=1S/C17H22FNOS/c1-17(2)7-8-19(9-11-21-17)13-15-5-6-16(18)12-14(15)4-3-10-20/h5-6,12,20H,7-11,13H2,1-2H3. The molecule has 1 N–H and O–H groups in total. The Morgan fingerprint density at radius 2 is 2.19 bits per heavy atom. The number of halogens is 1. The van der Waals surface area contributed by atoms with Crippen LogP contribution in [-0.4, -0.2) is 40.2 Å². The zero-order valence-electron chi connectivity index (χ0n) is 12.7. The lowest BCUT2D eigenvalue weighted by Gasteiger charge is -2.23. The van der Waals surface area contributed by atoms with Gasteiger partial charge in [-0.15, -0.1) is 0 Å². The average Bonchev–Trinajstić information content (AvgIpc) is 2.60. The number of thioether (sulfide) groups is 1. The molecule has 0 saturated carbocycles. The lowest BCUT2D eigenvalue weighted by Crippen LogP contribution is -2.27. The van der Waals surface area contributed by atoms with Gasteiger partial charge in [-0.2, -0.15) is 11.8 Å². The van der Waals surface area contributed by atoms with E-state index in [1.54, 1.807) is 6.07 Å². The Bertz CT molecular complexity index is 547. The predicted octanol–water partition coefficient (Wildman–Crippen LogP) is 2.89. The molecule has 1 aromatic carbocycles. The first-order valence-electron chi connectivity index (χ1n) is 7.25. The van der Waals surface area contributed by atoms with Crippen molar-refractivity contribution in [1.29, 1.82) is 0 Å². The van der Waals surface area contributed by atoms with E-state index in [1.165, 1.54) is 12.1 Å². The van der Waals surface area contributed by atoms with Crippen molar-refractivity contribution in [2.45, 2.75) is 31.6 Å². The van der Waals surface area contributed by atoms with Crippen LogP contribution in [-0.2, 0) is 6.54 Å². The maximum Gasteiger partial charge on any atom is 0.124 e. The van der Waals surface area contributed by atoms with Crippen molar-refractivity contribution in [2.24, 2.45) is 0 Å². The van der Waals surface area contributed by atoms with Crippen LogP contribution in [0.2, 0.25) is 0 Å². The van der Waals surface area contributed by atoms with Crippen LogP contribution in [0.1, 0.15) is 31.4 Å². The van der Waals surface area contributed by atoms with Crippen LogP contribution in [0.15, 0.2) is 18.2 Å². The number of nitrogens with zero attached hydrogens (tertiary/aromatic N) is 1. The normalized spacial score (nSPS) is 18.7. The molecule has 0 aliphatic carbocycles. The molecule has 1 aromatic rings. The van der Waals surface area contributed by atoms with Crippen molar-refractivity contribution in [2.75, 3.05) is 25.4 Å². The van der Waals surface area contributed by atoms with E-state index in [0.717, 1.165) is 37.4 Å². The zero-order chi connectivity index (χ0) is 15.3. The fourth-order valence-corrected chi connectivity index (χ4v) is 3.54. The molecule has 0 amide bonds. The van der Waals surface area contributed by atoms with E-state index in [4.69, 9.17) is 5.11 Å². The molecule has 0 unspecified atom stereocenters. The summed E-state index contributed by atoms with van der Waals surface area (Å²) in [6.45, 7) is 7.24. The molecule has 0 atom stereocenters. The van der Waals surface area contributed by atoms with Gasteiger partial charge in [-0.25, -0.2) is 4.39 Å². The third-order valence-electron chi connectivity index (χ3n) is 3.70. The topological polar surface area (TPSA) is 23.5 Å². The summed E-state index contributed by atoms with van der Waals surface area (Å²) in [5, 5.41) is 8.82. The Morgan fingerprint density at radius 1 is 1.38 bits per heavy atom. The van der Waals surface area contributed by atoms with Crippen molar-refractivity contribution in [1.82, 2.24) is 4.90 Å². The summed E-state index contributed by atoms with van der Waals surface area (Å²) in [4.78, 5) is 2.40. The first-order valence-corrected chi connectivity index (χ1v) is 8.23. The SMILES string of the molecule is CC1(C)CCN(Cc2ccc(F)cc2C#CCO)CCS1. The second-order valence-corrected chi connectivity index (χ2v) is 7.70. The van der Waals surface area contributed by atoms with Gasteiger partial charge < -0.3 is 5.11 Å². The maximum absolute atomic E-state index is 13.4. The largest absolute Gasteiger partial charge is 0.384 e. The fraction of sp³-hybridized carbons (Fsp3) is 0.529. The summed E-state index contributed by atoms with van der Waals surface area (Å²) in [7, 11) is 0. The van der Waals surface area contributed by atoms with Crippen LogP contribution >= 0.6 is 11.8 Å². The molecule has 21 heavy (non-hydrogen) atoms. The predicted molar refractivity (Wildman–Crippen MR) is 86.8 cm³/mol. The fourth-order valence-electron chi connectivity index (χ4n) is 2.40. The van der Waals surface area contributed by atoms with Crippen molar-refractivity contribution in [3.8, 4) is 11.8 Å². The van der Waals surface area contributed by atoms with Crippen molar-refractivity contribution >= 4 is 11.8 Å². The highest BCUT2D eigenvalue weighted by molar-refractivity contribution is 8.00. The first kappa shape index (κ1) is 16.4. The van der Waals surface area contributed by atoms with Crippen LogP contribution in [0.25, 0.3) is 0 Å². The molecule has 114 valence electrons. The molecule has 0 radical (unpaired) electrons. The van der Waals surface area contributed by atoms with E-state index in [0.29, 0.717) is 10.3 Å². The van der Waals surface area contributed by atoms with Crippen LogP contribution < -0.4 is 0 Å². The molecule has 1 saturated heterocycles. The van der Waals surface area contributed by atoms with Gasteiger partial charge in [0, 0.05) is 29.2 Å². The number of hydrogen-bond donors (Lipinski definition) is 1. The molecule has 1 aliphatic rings. The minimum atomic E-state index is -0.284. The Labute approximate surface area is 130 Å². The number of hydrogen-bond acceptors (Lipinski definition) is 3. The summed E-state index contributed by atoms with van der Waals surface area (Å²) in [5.74, 6) is 6.30. The van der Waals surface area contributed by atoms with Gasteiger partial charge in [0.1, 0.15) is 12.4 Å². The van der Waals surface area contributed by atoms with Crippen LogP contribution in [0.4, 0.5) is 4.39 Å². The summed E-state index contributed by atoms with van der Waals surface area (Å²) < 4.78 is 13.7. The van der Waals surface area contributed by atoms with E-state index >= 15 is 0 Å². The summed E-state index contributed by atoms with van der Waals surface area (Å²) in [6.07, 6.45) is 1.15. The first-order chi connectivity index (χ1) is 10.00. The molecular weight excluding hydrogens is 285 g/mol. The molecule has 0 aromatic heterocycles. The molecular formula is C17H22FNOS. The molecule has 2 nitrogen and oxygen atoms in total. The van der Waals surface area contributed by atoms with Crippen LogP contribution in [0.3, 0.4) is 0 Å². The summed E-state index contributed by atoms with van der Waals surface area (Å²) >= 11 is 2.01. The lowest BCUT2D eigenvalue weighted by molar-refractivity contribution is 0.276. The molecule has 1 aliphatic heterocycles. The van der Waals surface area contributed by atoms with E-state index < -0.39 is 0 Å². The van der Waals surface area contributed by atoms with Gasteiger partial charge in [-0.1, -0.05) is 31.8 Å². The minimum Gasteiger partial charge on any atom is -0.384 e. The summed E-state index contributed by atoms with van der Waals surface area (Å²) in [5.41, 5.74) is 1.71. The van der Waals surface area contributed by atoms with Gasteiger partial charge in [-0.3, -0.25) is 4.90 Å². The Morgan fingerprint density at radius 3 is 2.95 bits per heavy atom. The highest BCUT2D eigenvalue weighted by Gasteiger charge is 2.23. The minimum absolute atomic E-state index is 0.204. The smallest absolute Gasteiger partial charge is 0.124 e. The number of rotatable bonds is 2. The second kappa shape index (κ2) is 7.31. The maximum atomic E-state index is 13.4. The van der Waals surface area contributed by atoms with Gasteiger partial charge in [-0.05, 0) is 30.7 Å². The van der Waals surface area contributed by atoms with Gasteiger partial charge >= 0.3 is 0 Å². The quantitative estimate of drug-likeness (QED) is 0.850. The molecule has 2 rings (SSSR count). The molecule has 0 spiro atoms. The van der Waals surface area contributed by atoms with E-state index in [-0.39, 0.29) is 12.4 Å². The third-order valence-corrected chi connectivity index (χ3v) is 5.07. The Hall–Kier alpha value is -1.02. The number of aliphatic hydroxyl groups is 1. The highest BCUT2D eigenvalue weighted by Crippen LogP contribution is 2.31. The van der Waals surface area contributed by atoms with E-state index in [1.807, 2.05) is 11.8 Å². The number of aliphatic hydroxyl groups excluding tert-OH is 1. The van der Waals surface area contributed by atoms with Gasteiger partial charge in [0.25, 0.3) is 0 Å². The van der Waals surface area contributed by atoms with Gasteiger partial charge in [0.05, 0.1) is 0 Å². The van der Waals surface area contributed by atoms with E-state index in [9.17, 15) is 4.39 Å². The summed E-state index contributed by atoms with van der Waals surface area (Å²) in [6, 6.07) is 4.74. The van der Waals surface area contributed by atoms with Gasteiger partial charge in [0.2, 0.25) is 0 Å². The Kier molecular flexibility index (Phi) is 5.69. The monoisotopic (exact) mass is 307 g/mol. The van der Waals surface area contributed by atoms with Crippen molar-refractivity contribution < 1.29 is 9.50 Å². The molecule has 0 bridgehead atoms.